The number of hydrogen-bond acceptors (Lipinski definition) is 4. The monoisotopic (exact) mass is 352 g/mol. The van der Waals surface area contributed by atoms with Crippen LogP contribution < -0.4 is 5.32 Å². The van der Waals surface area contributed by atoms with E-state index in [0.29, 0.717) is 21.8 Å². The molecule has 0 aliphatic heterocycles. The molecule has 23 heavy (non-hydrogen) atoms. The fourth-order valence-corrected chi connectivity index (χ4v) is 2.74. The van der Waals surface area contributed by atoms with Crippen LogP contribution in [0, 0.1) is 12.8 Å². The van der Waals surface area contributed by atoms with E-state index in [2.05, 4.69) is 29.4 Å². The minimum atomic E-state index is -0.00677. The summed E-state index contributed by atoms with van der Waals surface area (Å²) in [5.74, 6) is 0.699. The molecule has 1 heterocycles. The minimum Gasteiger partial charge on any atom is -0.353 e. The van der Waals surface area contributed by atoms with Gasteiger partial charge in [0.1, 0.15) is 6.33 Å². The normalized spacial score (nSPS) is 12.4. The zero-order chi connectivity index (χ0) is 17.0. The second kappa shape index (κ2) is 7.84. The molecule has 1 aromatic heterocycles. The number of nitrogens with zero attached hydrogens (tertiary/aromatic N) is 3. The fourth-order valence-electron chi connectivity index (χ4n) is 1.82. The van der Waals surface area contributed by atoms with Crippen LogP contribution in [0.3, 0.4) is 0 Å². The van der Waals surface area contributed by atoms with E-state index in [4.69, 9.17) is 11.6 Å². The Morgan fingerprint density at radius 3 is 2.78 bits per heavy atom. The molecule has 1 unspecified atom stereocenters. The number of nitrogens with one attached hydrogen (secondary N) is 1. The molecule has 5 nitrogen and oxygen atoms in total. The molecule has 2 aromatic rings. The van der Waals surface area contributed by atoms with Crippen molar-refractivity contribution < 1.29 is 4.79 Å². The molecule has 124 valence electrons. The third-order valence-corrected chi connectivity index (χ3v) is 5.02. The maximum atomic E-state index is 12.0. The van der Waals surface area contributed by atoms with Gasteiger partial charge in [0.2, 0.25) is 5.91 Å². The molecule has 0 saturated carbocycles. The Morgan fingerprint density at radius 1 is 1.39 bits per heavy atom. The van der Waals surface area contributed by atoms with Gasteiger partial charge in [-0.25, -0.2) is 0 Å². The van der Waals surface area contributed by atoms with Crippen LogP contribution in [-0.4, -0.2) is 32.5 Å². The van der Waals surface area contributed by atoms with Gasteiger partial charge in [0.05, 0.1) is 11.4 Å². The molecule has 0 aliphatic carbocycles. The van der Waals surface area contributed by atoms with Crippen molar-refractivity contribution in [1.82, 2.24) is 20.1 Å². The number of aromatic nitrogens is 3. The highest BCUT2D eigenvalue weighted by Crippen LogP contribution is 2.23. The third-order valence-electron chi connectivity index (χ3n) is 3.67. The van der Waals surface area contributed by atoms with E-state index >= 15 is 0 Å². The summed E-state index contributed by atoms with van der Waals surface area (Å²) in [6.07, 6.45) is 1.62. The van der Waals surface area contributed by atoms with E-state index in [-0.39, 0.29) is 11.9 Å². The number of thioether (sulfide) groups is 1. The van der Waals surface area contributed by atoms with Gasteiger partial charge >= 0.3 is 0 Å². The van der Waals surface area contributed by atoms with Crippen molar-refractivity contribution in [2.24, 2.45) is 5.92 Å². The highest BCUT2D eigenvalue weighted by atomic mass is 35.5. The fraction of sp³-hybridized carbons (Fsp3) is 0.438. The van der Waals surface area contributed by atoms with Gasteiger partial charge in [-0.2, -0.15) is 0 Å². The Labute approximate surface area is 145 Å². The lowest BCUT2D eigenvalue weighted by molar-refractivity contribution is -0.119. The first kappa shape index (κ1) is 17.8. The molecule has 0 fully saturated rings. The van der Waals surface area contributed by atoms with Crippen molar-refractivity contribution in [1.29, 1.82) is 0 Å². The topological polar surface area (TPSA) is 59.8 Å². The van der Waals surface area contributed by atoms with E-state index < -0.39 is 0 Å². The van der Waals surface area contributed by atoms with Crippen molar-refractivity contribution in [2.75, 3.05) is 5.75 Å². The Bertz CT molecular complexity index is 686. The Hall–Kier alpha value is -1.53. The quantitative estimate of drug-likeness (QED) is 0.808. The van der Waals surface area contributed by atoms with Gasteiger partial charge in [0, 0.05) is 11.1 Å². The van der Waals surface area contributed by atoms with Crippen molar-refractivity contribution in [3.05, 3.63) is 35.1 Å². The Morgan fingerprint density at radius 2 is 2.13 bits per heavy atom. The highest BCUT2D eigenvalue weighted by Gasteiger charge is 2.14. The number of benzene rings is 1. The summed E-state index contributed by atoms with van der Waals surface area (Å²) in [5, 5.41) is 12.4. The molecule has 0 saturated heterocycles. The van der Waals surface area contributed by atoms with Crippen molar-refractivity contribution in [3.63, 3.8) is 0 Å². The number of aryl methyl sites for hydroxylation is 1. The molecule has 0 radical (unpaired) electrons. The molecule has 0 aliphatic rings. The standard InChI is InChI=1S/C16H21ClN4OS/c1-10(2)12(4)19-15(22)8-23-16-20-18-9-21(16)13-6-5-11(3)14(17)7-13/h5-7,9-10,12H,8H2,1-4H3,(H,19,22). The van der Waals surface area contributed by atoms with Crippen molar-refractivity contribution in [3.8, 4) is 5.69 Å². The summed E-state index contributed by atoms with van der Waals surface area (Å²) in [4.78, 5) is 12.0. The van der Waals surface area contributed by atoms with Crippen molar-refractivity contribution in [2.45, 2.75) is 38.9 Å². The van der Waals surface area contributed by atoms with Crippen LogP contribution in [0.1, 0.15) is 26.3 Å². The maximum absolute atomic E-state index is 12.0. The summed E-state index contributed by atoms with van der Waals surface area (Å²) in [5.41, 5.74) is 1.89. The van der Waals surface area contributed by atoms with E-state index in [1.807, 2.05) is 36.6 Å². The average Bonchev–Trinajstić information content (AvgIpc) is 2.96. The first-order valence-electron chi connectivity index (χ1n) is 7.47. The lowest BCUT2D eigenvalue weighted by Gasteiger charge is -2.17. The number of carbonyl (C=O) groups excluding carboxylic acids is 1. The first-order valence-corrected chi connectivity index (χ1v) is 8.83. The largest absolute Gasteiger partial charge is 0.353 e. The zero-order valence-electron chi connectivity index (χ0n) is 13.7. The van der Waals surface area contributed by atoms with Crippen molar-refractivity contribution >= 4 is 29.3 Å². The third kappa shape index (κ3) is 4.72. The molecule has 0 bridgehead atoms. The zero-order valence-corrected chi connectivity index (χ0v) is 15.3. The Kier molecular flexibility index (Phi) is 6.07. The molecule has 1 atom stereocenters. The SMILES string of the molecule is Cc1ccc(-n2cnnc2SCC(=O)NC(C)C(C)C)cc1Cl. The van der Waals surface area contributed by atoms with Crippen LogP contribution in [0.2, 0.25) is 5.02 Å². The van der Waals surface area contributed by atoms with E-state index in [9.17, 15) is 4.79 Å². The molecule has 1 aromatic carbocycles. The van der Waals surface area contributed by atoms with Gasteiger partial charge in [-0.15, -0.1) is 10.2 Å². The van der Waals surface area contributed by atoms with Crippen LogP contribution >= 0.6 is 23.4 Å². The number of amides is 1. The molecule has 1 amide bonds. The molecule has 0 spiro atoms. The molecular formula is C16H21ClN4OS. The maximum Gasteiger partial charge on any atom is 0.230 e. The lowest BCUT2D eigenvalue weighted by atomic mass is 10.1. The number of rotatable bonds is 6. The predicted octanol–water partition coefficient (Wildman–Crippen LogP) is 3.48. The summed E-state index contributed by atoms with van der Waals surface area (Å²) < 4.78 is 1.83. The van der Waals surface area contributed by atoms with E-state index in [1.54, 1.807) is 6.33 Å². The molecule has 7 heteroatoms. The average molecular weight is 353 g/mol. The smallest absolute Gasteiger partial charge is 0.230 e. The summed E-state index contributed by atoms with van der Waals surface area (Å²) >= 11 is 7.53. The summed E-state index contributed by atoms with van der Waals surface area (Å²) in [6, 6.07) is 5.92. The summed E-state index contributed by atoms with van der Waals surface area (Å²) in [6.45, 7) is 8.11. The van der Waals surface area contributed by atoms with E-state index in [0.717, 1.165) is 11.3 Å². The first-order chi connectivity index (χ1) is 10.9. The van der Waals surface area contributed by atoms with Crippen LogP contribution in [-0.2, 0) is 4.79 Å². The lowest BCUT2D eigenvalue weighted by Crippen LogP contribution is -2.37. The van der Waals surface area contributed by atoms with Crippen LogP contribution in [0.15, 0.2) is 29.7 Å². The van der Waals surface area contributed by atoms with E-state index in [1.165, 1.54) is 11.8 Å². The molecule has 2 rings (SSSR count). The van der Waals surface area contributed by atoms with Gasteiger partial charge in [-0.1, -0.05) is 43.3 Å². The van der Waals surface area contributed by atoms with Crippen LogP contribution in [0.25, 0.3) is 5.69 Å². The van der Waals surface area contributed by atoms with Gasteiger partial charge < -0.3 is 5.32 Å². The number of halogens is 1. The van der Waals surface area contributed by atoms with Crippen LogP contribution in [0.4, 0.5) is 0 Å². The number of hydrogen-bond donors (Lipinski definition) is 1. The minimum absolute atomic E-state index is 0.00677. The summed E-state index contributed by atoms with van der Waals surface area (Å²) in [7, 11) is 0. The highest BCUT2D eigenvalue weighted by molar-refractivity contribution is 7.99. The van der Waals surface area contributed by atoms with Gasteiger partial charge in [-0.3, -0.25) is 9.36 Å². The second-order valence-electron chi connectivity index (χ2n) is 5.81. The van der Waals surface area contributed by atoms with Gasteiger partial charge in [-0.05, 0) is 37.5 Å². The van der Waals surface area contributed by atoms with Crippen LogP contribution in [0.5, 0.6) is 0 Å². The Balaban J connectivity index is 2.04. The second-order valence-corrected chi connectivity index (χ2v) is 7.16. The number of carbonyl (C=O) groups is 1. The molecule has 1 N–H and O–H groups in total. The predicted molar refractivity (Wildman–Crippen MR) is 94.3 cm³/mol. The van der Waals surface area contributed by atoms with Gasteiger partial charge in [0.25, 0.3) is 0 Å². The molecular weight excluding hydrogens is 332 g/mol. The van der Waals surface area contributed by atoms with Gasteiger partial charge in [0.15, 0.2) is 5.16 Å².